The molecule has 0 rings (SSSR count). The van der Waals surface area contributed by atoms with Crippen molar-refractivity contribution in [2.75, 3.05) is 0 Å². The summed E-state index contributed by atoms with van der Waals surface area (Å²) in [5.41, 5.74) is 0. The molecule has 0 spiro atoms. The van der Waals surface area contributed by atoms with E-state index in [2.05, 4.69) is 34.6 Å². The van der Waals surface area contributed by atoms with Crippen molar-refractivity contribution in [1.82, 2.24) is 0 Å². The van der Waals surface area contributed by atoms with Crippen LogP contribution in [0.5, 0.6) is 0 Å². The van der Waals surface area contributed by atoms with Gasteiger partial charge in [-0.15, -0.1) is 0 Å². The molecule has 0 fully saturated rings. The van der Waals surface area contributed by atoms with Crippen LogP contribution in [-0.4, -0.2) is 0 Å². The van der Waals surface area contributed by atoms with E-state index in [0.29, 0.717) is 0 Å². The second-order valence-corrected chi connectivity index (χ2v) is 6.35. The minimum atomic E-state index is 1.04. The van der Waals surface area contributed by atoms with Gasteiger partial charge in [0.05, 0.1) is 0 Å². The minimum absolute atomic E-state index is 1.04. The maximum absolute atomic E-state index is 2.31. The van der Waals surface area contributed by atoms with Gasteiger partial charge in [-0.25, -0.2) is 0 Å². The Labute approximate surface area is 158 Å². The van der Waals surface area contributed by atoms with Gasteiger partial charge in [0.25, 0.3) is 0 Å². The summed E-state index contributed by atoms with van der Waals surface area (Å²) in [7, 11) is 0. The molecule has 0 aliphatic rings. The highest BCUT2D eigenvalue weighted by Crippen LogP contribution is 2.20. The minimum Gasteiger partial charge on any atom is -0.0683 e. The lowest BCUT2D eigenvalue weighted by atomic mass is 9.92. The fraction of sp³-hybridized carbons (Fsp3) is 1.00. The predicted octanol–water partition coefficient (Wildman–Crippen LogP) is 10.2. The molecule has 0 saturated heterocycles. The highest BCUT2D eigenvalue weighted by atomic mass is 14.1. The van der Waals surface area contributed by atoms with E-state index in [-0.39, 0.29) is 0 Å². The molecule has 0 heterocycles. The molecule has 0 amide bonds. The standard InChI is InChI=1S/C12H26.C8H18.2C2H6/c1-4-7-10-12(9-6-3)11-8-5-2;1-3-5-7-8-6-4-2;2*1-2/h12H,4-11H2,1-3H3;3-8H2,1-2H3;2*1-2H3. The molecule has 0 heteroatoms. The first kappa shape index (κ1) is 31.7. The smallest absolute Gasteiger partial charge is 0.0414 e. The fourth-order valence-electron chi connectivity index (χ4n) is 2.68. The highest BCUT2D eigenvalue weighted by Gasteiger charge is 2.05. The van der Waals surface area contributed by atoms with Crippen molar-refractivity contribution in [1.29, 1.82) is 0 Å². The molecular weight excluding hydrogens is 288 g/mol. The van der Waals surface area contributed by atoms with Gasteiger partial charge in [-0.2, -0.15) is 0 Å². The van der Waals surface area contributed by atoms with Gasteiger partial charge in [-0.05, 0) is 5.92 Å². The van der Waals surface area contributed by atoms with Crippen molar-refractivity contribution >= 4 is 0 Å². The fourth-order valence-corrected chi connectivity index (χ4v) is 2.68. The van der Waals surface area contributed by atoms with Crippen LogP contribution in [0.15, 0.2) is 0 Å². The van der Waals surface area contributed by atoms with Crippen molar-refractivity contribution < 1.29 is 0 Å². The van der Waals surface area contributed by atoms with E-state index in [4.69, 9.17) is 0 Å². The van der Waals surface area contributed by atoms with Crippen molar-refractivity contribution in [2.24, 2.45) is 5.92 Å². The largest absolute Gasteiger partial charge is 0.0683 e. The van der Waals surface area contributed by atoms with E-state index < -0.39 is 0 Å². The molecule has 0 atom stereocenters. The number of hydrogen-bond acceptors (Lipinski definition) is 0. The number of unbranched alkanes of at least 4 members (excludes halogenated alkanes) is 7. The van der Waals surface area contributed by atoms with E-state index in [1.165, 1.54) is 89.9 Å². The molecule has 0 radical (unpaired) electrons. The van der Waals surface area contributed by atoms with Crippen LogP contribution in [0.4, 0.5) is 0 Å². The Balaban J connectivity index is -0.000000145. The van der Waals surface area contributed by atoms with Crippen molar-refractivity contribution in [2.45, 2.75) is 152 Å². The van der Waals surface area contributed by atoms with E-state index in [1.54, 1.807) is 0 Å². The Bertz CT molecular complexity index is 125. The van der Waals surface area contributed by atoms with Crippen LogP contribution in [0, 0.1) is 5.92 Å². The average Bonchev–Trinajstić information content (AvgIpc) is 2.65. The molecule has 0 saturated carbocycles. The normalized spacial score (nSPS) is 9.25. The van der Waals surface area contributed by atoms with Crippen molar-refractivity contribution in [3.63, 3.8) is 0 Å². The van der Waals surface area contributed by atoms with Gasteiger partial charge in [0.15, 0.2) is 0 Å². The monoisotopic (exact) mass is 344 g/mol. The first-order chi connectivity index (χ1) is 11.8. The second-order valence-electron chi connectivity index (χ2n) is 6.35. The summed E-state index contributed by atoms with van der Waals surface area (Å²) in [6.07, 6.45) is 19.9. The summed E-state index contributed by atoms with van der Waals surface area (Å²) in [6.45, 7) is 19.4. The Hall–Kier alpha value is 0. The molecule has 0 aromatic carbocycles. The first-order valence-electron chi connectivity index (χ1n) is 11.8. The van der Waals surface area contributed by atoms with Crippen LogP contribution in [0.3, 0.4) is 0 Å². The maximum Gasteiger partial charge on any atom is -0.0414 e. The topological polar surface area (TPSA) is 0 Å². The van der Waals surface area contributed by atoms with E-state index in [1.807, 2.05) is 27.7 Å². The lowest BCUT2D eigenvalue weighted by Gasteiger charge is -2.14. The van der Waals surface area contributed by atoms with Crippen LogP contribution in [0.25, 0.3) is 0 Å². The maximum atomic E-state index is 2.31. The lowest BCUT2D eigenvalue weighted by molar-refractivity contribution is 0.390. The second kappa shape index (κ2) is 38.5. The SMILES string of the molecule is CC.CC.CCCCC(CCC)CCCC.CCCCCCCC. The van der Waals surface area contributed by atoms with E-state index in [0.717, 1.165) is 5.92 Å². The lowest BCUT2D eigenvalue weighted by Crippen LogP contribution is -1.99. The van der Waals surface area contributed by atoms with Crippen LogP contribution >= 0.6 is 0 Å². The zero-order valence-electron chi connectivity index (χ0n) is 19.5. The summed E-state index contributed by atoms with van der Waals surface area (Å²) in [5, 5.41) is 0. The Morgan fingerprint density at radius 3 is 0.958 bits per heavy atom. The zero-order valence-corrected chi connectivity index (χ0v) is 19.5. The van der Waals surface area contributed by atoms with Gasteiger partial charge in [-0.1, -0.05) is 152 Å². The third-order valence-electron chi connectivity index (χ3n) is 4.09. The predicted molar refractivity (Wildman–Crippen MR) is 119 cm³/mol. The summed E-state index contributed by atoms with van der Waals surface area (Å²) in [6, 6.07) is 0. The van der Waals surface area contributed by atoms with Gasteiger partial charge in [0, 0.05) is 0 Å². The molecule has 0 aromatic heterocycles. The van der Waals surface area contributed by atoms with E-state index >= 15 is 0 Å². The van der Waals surface area contributed by atoms with Gasteiger partial charge >= 0.3 is 0 Å². The average molecular weight is 345 g/mol. The zero-order chi connectivity index (χ0) is 19.5. The molecule has 0 aliphatic carbocycles. The third-order valence-corrected chi connectivity index (χ3v) is 4.09. The van der Waals surface area contributed by atoms with Crippen LogP contribution < -0.4 is 0 Å². The van der Waals surface area contributed by atoms with Crippen molar-refractivity contribution in [3.05, 3.63) is 0 Å². The molecular formula is C24H56. The van der Waals surface area contributed by atoms with Crippen LogP contribution in [0.1, 0.15) is 152 Å². The Morgan fingerprint density at radius 2 is 0.708 bits per heavy atom. The van der Waals surface area contributed by atoms with Gasteiger partial charge < -0.3 is 0 Å². The molecule has 0 bridgehead atoms. The molecule has 0 nitrogen and oxygen atoms in total. The molecule has 152 valence electrons. The van der Waals surface area contributed by atoms with E-state index in [9.17, 15) is 0 Å². The Morgan fingerprint density at radius 1 is 0.375 bits per heavy atom. The molecule has 0 aliphatic heterocycles. The summed E-state index contributed by atoms with van der Waals surface area (Å²) >= 11 is 0. The van der Waals surface area contributed by atoms with Gasteiger partial charge in [-0.3, -0.25) is 0 Å². The summed E-state index contributed by atoms with van der Waals surface area (Å²) in [4.78, 5) is 0. The quantitative estimate of drug-likeness (QED) is 0.291. The molecule has 24 heavy (non-hydrogen) atoms. The van der Waals surface area contributed by atoms with Gasteiger partial charge in [0.1, 0.15) is 0 Å². The highest BCUT2D eigenvalue weighted by molar-refractivity contribution is 4.58. The Kier molecular flexibility index (Phi) is 50.9. The number of rotatable bonds is 13. The van der Waals surface area contributed by atoms with Crippen molar-refractivity contribution in [3.8, 4) is 0 Å². The molecule has 0 unspecified atom stereocenters. The molecule has 0 N–H and O–H groups in total. The van der Waals surface area contributed by atoms with Crippen LogP contribution in [-0.2, 0) is 0 Å². The molecule has 0 aromatic rings. The van der Waals surface area contributed by atoms with Gasteiger partial charge in [0.2, 0.25) is 0 Å². The number of hydrogen-bond donors (Lipinski definition) is 0. The summed E-state index contributed by atoms with van der Waals surface area (Å²) in [5.74, 6) is 1.04. The third kappa shape index (κ3) is 37.9. The summed E-state index contributed by atoms with van der Waals surface area (Å²) < 4.78 is 0. The first-order valence-corrected chi connectivity index (χ1v) is 11.8. The van der Waals surface area contributed by atoms with Crippen LogP contribution in [0.2, 0.25) is 0 Å².